The van der Waals surface area contributed by atoms with E-state index in [2.05, 4.69) is 5.16 Å². The molecule has 1 fully saturated rings. The highest BCUT2D eigenvalue weighted by Crippen LogP contribution is 2.26. The number of aryl methyl sites for hydroxylation is 1. The number of likely N-dealkylation sites (tertiary alicyclic amines) is 1. The molecule has 0 aliphatic carbocycles. The molecule has 5 nitrogen and oxygen atoms in total. The average Bonchev–Trinajstić information content (AvgIpc) is 3.15. The normalized spacial score (nSPS) is 20.6. The molecule has 1 aliphatic heterocycles. The molecule has 1 aliphatic rings. The van der Waals surface area contributed by atoms with E-state index < -0.39 is 5.82 Å². The number of aromatic nitrogens is 1. The molecule has 0 bridgehead atoms. The number of amides is 1. The molecule has 0 radical (unpaired) electrons. The van der Waals surface area contributed by atoms with Crippen molar-refractivity contribution in [1.29, 1.82) is 0 Å². The van der Waals surface area contributed by atoms with Crippen LogP contribution >= 0.6 is 11.6 Å². The van der Waals surface area contributed by atoms with Crippen LogP contribution in [0.2, 0.25) is 5.02 Å². The monoisotopic (exact) mass is 352 g/mol. The van der Waals surface area contributed by atoms with Crippen molar-refractivity contribution >= 4 is 17.5 Å². The third kappa shape index (κ3) is 3.44. The lowest BCUT2D eigenvalue weighted by Gasteiger charge is -2.16. The summed E-state index contributed by atoms with van der Waals surface area (Å²) in [6, 6.07) is 5.85. The van der Waals surface area contributed by atoms with Crippen LogP contribution in [0.5, 0.6) is 0 Å². The molecule has 3 rings (SSSR count). The summed E-state index contributed by atoms with van der Waals surface area (Å²) in [6.07, 6.45) is 0.475. The number of halogens is 2. The molecule has 2 heterocycles. The Morgan fingerprint density at radius 1 is 1.46 bits per heavy atom. The van der Waals surface area contributed by atoms with Crippen LogP contribution in [-0.2, 0) is 11.2 Å². The lowest BCUT2D eigenvalue weighted by Crippen LogP contribution is -2.30. The number of ether oxygens (including phenoxy) is 1. The van der Waals surface area contributed by atoms with E-state index in [0.717, 1.165) is 11.5 Å². The molecule has 24 heavy (non-hydrogen) atoms. The van der Waals surface area contributed by atoms with Crippen molar-refractivity contribution in [1.82, 2.24) is 10.1 Å². The number of hydrogen-bond donors (Lipinski definition) is 0. The summed E-state index contributed by atoms with van der Waals surface area (Å²) < 4.78 is 24.7. The Morgan fingerprint density at radius 3 is 2.92 bits per heavy atom. The van der Waals surface area contributed by atoms with E-state index in [-0.39, 0.29) is 23.5 Å². The Kier molecular flexibility index (Phi) is 4.87. The van der Waals surface area contributed by atoms with Gasteiger partial charge >= 0.3 is 0 Å². The maximum atomic E-state index is 13.9. The van der Waals surface area contributed by atoms with E-state index in [4.69, 9.17) is 20.9 Å². The van der Waals surface area contributed by atoms with Gasteiger partial charge in [0.05, 0.1) is 17.4 Å². The SMILES string of the molecule is CO[C@H]1CN(C(=O)c2cc(Cl)ccc2F)C[C@H]1Cc1cc(C)no1. The zero-order valence-electron chi connectivity index (χ0n) is 13.5. The standard InChI is InChI=1S/C17H18ClFN2O3/c1-10-5-13(24-20-10)6-11-8-21(9-16(11)23-2)17(22)14-7-12(18)3-4-15(14)19/h3-5,7,11,16H,6,8-9H2,1-2H3/t11-,16+/m1/s1. The first kappa shape index (κ1) is 16.9. The van der Waals surface area contributed by atoms with Gasteiger partial charge in [0.25, 0.3) is 5.91 Å². The predicted octanol–water partition coefficient (Wildman–Crippen LogP) is 3.11. The van der Waals surface area contributed by atoms with Gasteiger partial charge in [-0.1, -0.05) is 16.8 Å². The fourth-order valence-electron chi connectivity index (χ4n) is 3.07. The minimum atomic E-state index is -0.576. The number of carbonyl (C=O) groups is 1. The predicted molar refractivity (Wildman–Crippen MR) is 86.5 cm³/mol. The third-order valence-electron chi connectivity index (χ3n) is 4.27. The van der Waals surface area contributed by atoms with Gasteiger partial charge < -0.3 is 14.2 Å². The molecule has 0 unspecified atom stereocenters. The molecule has 2 atom stereocenters. The second-order valence-electron chi connectivity index (χ2n) is 6.01. The topological polar surface area (TPSA) is 55.6 Å². The summed E-state index contributed by atoms with van der Waals surface area (Å²) in [6.45, 7) is 2.72. The first-order chi connectivity index (χ1) is 11.5. The van der Waals surface area contributed by atoms with Crippen LogP contribution in [0.3, 0.4) is 0 Å². The van der Waals surface area contributed by atoms with E-state index in [9.17, 15) is 9.18 Å². The largest absolute Gasteiger partial charge is 0.379 e. The summed E-state index contributed by atoms with van der Waals surface area (Å²) in [5.41, 5.74) is 0.791. The van der Waals surface area contributed by atoms with Crippen molar-refractivity contribution in [2.75, 3.05) is 20.2 Å². The number of carbonyl (C=O) groups excluding carboxylic acids is 1. The van der Waals surface area contributed by atoms with Gasteiger partial charge in [-0.25, -0.2) is 4.39 Å². The van der Waals surface area contributed by atoms with Gasteiger partial charge in [0.2, 0.25) is 0 Å². The highest BCUT2D eigenvalue weighted by atomic mass is 35.5. The van der Waals surface area contributed by atoms with Crippen molar-refractivity contribution in [3.63, 3.8) is 0 Å². The summed E-state index contributed by atoms with van der Waals surface area (Å²) in [5.74, 6) is -0.141. The molecule has 1 aromatic carbocycles. The molecular weight excluding hydrogens is 335 g/mol. The van der Waals surface area contributed by atoms with Gasteiger partial charge in [-0.05, 0) is 25.1 Å². The fraction of sp³-hybridized carbons (Fsp3) is 0.412. The van der Waals surface area contributed by atoms with Crippen molar-refractivity contribution in [3.8, 4) is 0 Å². The second-order valence-corrected chi connectivity index (χ2v) is 6.44. The number of methoxy groups -OCH3 is 1. The first-order valence-corrected chi connectivity index (χ1v) is 8.05. The van der Waals surface area contributed by atoms with E-state index >= 15 is 0 Å². The summed E-state index contributed by atoms with van der Waals surface area (Å²) in [7, 11) is 1.61. The van der Waals surface area contributed by atoms with Crippen LogP contribution in [0.1, 0.15) is 21.8 Å². The lowest BCUT2D eigenvalue weighted by molar-refractivity contribution is 0.0670. The van der Waals surface area contributed by atoms with Crippen molar-refractivity contribution in [3.05, 3.63) is 52.1 Å². The van der Waals surface area contributed by atoms with E-state index in [0.29, 0.717) is 24.5 Å². The van der Waals surface area contributed by atoms with E-state index in [1.807, 2.05) is 13.0 Å². The van der Waals surface area contributed by atoms with Gasteiger partial charge in [-0.2, -0.15) is 0 Å². The molecule has 2 aromatic rings. The van der Waals surface area contributed by atoms with Crippen LogP contribution in [0, 0.1) is 18.7 Å². The zero-order valence-corrected chi connectivity index (χ0v) is 14.2. The van der Waals surface area contributed by atoms with Gasteiger partial charge in [0.15, 0.2) is 0 Å². The van der Waals surface area contributed by atoms with Crippen LogP contribution in [0.25, 0.3) is 0 Å². The second kappa shape index (κ2) is 6.91. The van der Waals surface area contributed by atoms with E-state index in [1.165, 1.54) is 18.2 Å². The highest BCUT2D eigenvalue weighted by molar-refractivity contribution is 6.31. The maximum absolute atomic E-state index is 13.9. The number of hydrogen-bond acceptors (Lipinski definition) is 4. The number of nitrogens with zero attached hydrogens (tertiary/aromatic N) is 2. The van der Waals surface area contributed by atoms with Gasteiger partial charge in [-0.3, -0.25) is 4.79 Å². The van der Waals surface area contributed by atoms with Crippen molar-refractivity contribution < 1.29 is 18.4 Å². The fourth-order valence-corrected chi connectivity index (χ4v) is 3.25. The Labute approximate surface area is 144 Å². The van der Waals surface area contributed by atoms with Crippen molar-refractivity contribution in [2.24, 2.45) is 5.92 Å². The first-order valence-electron chi connectivity index (χ1n) is 7.67. The molecule has 0 N–H and O–H groups in total. The Bertz CT molecular complexity index is 749. The molecule has 0 spiro atoms. The Balaban J connectivity index is 1.75. The van der Waals surface area contributed by atoms with Crippen LogP contribution in [0.15, 0.2) is 28.8 Å². The number of rotatable bonds is 4. The Morgan fingerprint density at radius 2 is 2.25 bits per heavy atom. The molecule has 1 amide bonds. The minimum Gasteiger partial charge on any atom is -0.379 e. The smallest absolute Gasteiger partial charge is 0.256 e. The third-order valence-corrected chi connectivity index (χ3v) is 4.51. The summed E-state index contributed by atoms with van der Waals surface area (Å²) in [4.78, 5) is 14.2. The van der Waals surface area contributed by atoms with Crippen LogP contribution in [-0.4, -0.2) is 42.3 Å². The molecular formula is C17H18ClFN2O3. The molecule has 128 valence electrons. The van der Waals surface area contributed by atoms with Gasteiger partial charge in [-0.15, -0.1) is 0 Å². The number of benzene rings is 1. The van der Waals surface area contributed by atoms with Gasteiger partial charge in [0.1, 0.15) is 11.6 Å². The van der Waals surface area contributed by atoms with Crippen LogP contribution in [0.4, 0.5) is 4.39 Å². The maximum Gasteiger partial charge on any atom is 0.256 e. The Hall–Kier alpha value is -1.92. The quantitative estimate of drug-likeness (QED) is 0.848. The summed E-state index contributed by atoms with van der Waals surface area (Å²) in [5, 5.41) is 4.20. The zero-order chi connectivity index (χ0) is 17.3. The molecule has 7 heteroatoms. The van der Waals surface area contributed by atoms with Crippen LogP contribution < -0.4 is 0 Å². The molecule has 1 aromatic heterocycles. The van der Waals surface area contributed by atoms with E-state index in [1.54, 1.807) is 12.0 Å². The van der Waals surface area contributed by atoms with Gasteiger partial charge in [0, 0.05) is 43.6 Å². The van der Waals surface area contributed by atoms with Crippen molar-refractivity contribution in [2.45, 2.75) is 19.4 Å². The average molecular weight is 353 g/mol. The highest BCUT2D eigenvalue weighted by Gasteiger charge is 2.37. The lowest BCUT2D eigenvalue weighted by atomic mass is 10.0. The minimum absolute atomic E-state index is 0.0199. The summed E-state index contributed by atoms with van der Waals surface area (Å²) >= 11 is 5.88. The molecule has 0 saturated carbocycles. The molecule has 1 saturated heterocycles.